The van der Waals surface area contributed by atoms with E-state index in [1.807, 2.05) is 0 Å². The number of carbonyl (C=O) groups is 1. The molecule has 1 saturated carbocycles. The van der Waals surface area contributed by atoms with E-state index in [1.165, 1.54) is 32.1 Å². The van der Waals surface area contributed by atoms with E-state index in [-0.39, 0.29) is 25.9 Å². The second kappa shape index (κ2) is 5.98. The normalized spacial score (nSPS) is 19.2. The van der Waals surface area contributed by atoms with Gasteiger partial charge in [-0.25, -0.2) is 0 Å². The smallest absolute Gasteiger partial charge is 1.00 e. The first-order chi connectivity index (χ1) is 4.43. The summed E-state index contributed by atoms with van der Waals surface area (Å²) in [5, 5.41) is 2.80. The molecule has 0 radical (unpaired) electrons. The molecule has 1 fully saturated rings. The summed E-state index contributed by atoms with van der Waals surface area (Å²) in [6.45, 7) is 0. The minimum absolute atomic E-state index is 0. The van der Waals surface area contributed by atoms with E-state index in [4.69, 9.17) is 0 Å². The number of rotatable bonds is 2. The first-order valence-electron chi connectivity index (χ1n) is 3.63. The van der Waals surface area contributed by atoms with Gasteiger partial charge >= 0.3 is 23.1 Å². The predicted octanol–water partition coefficient (Wildman–Crippen LogP) is 0.909. The third kappa shape index (κ3) is 3.42. The number of hydrogen-bond donors (Lipinski definition) is 1. The van der Waals surface area contributed by atoms with Gasteiger partial charge in [0.1, 0.15) is 0 Å². The van der Waals surface area contributed by atoms with Crippen LogP contribution in [0.2, 0.25) is 0 Å². The molecule has 10 heavy (non-hydrogen) atoms. The molecular weight excluding hydrogens is 138 g/mol. The second-order valence-electron chi connectivity index (χ2n) is 2.62. The molecular formula is C7H15MgNO. The fourth-order valence-corrected chi connectivity index (χ4v) is 1.37. The van der Waals surface area contributed by atoms with Crippen LogP contribution in [0.25, 0.3) is 0 Å². The minimum atomic E-state index is 0. The quantitative estimate of drug-likeness (QED) is 0.464. The zero-order valence-corrected chi connectivity index (χ0v) is 7.72. The standard InChI is InChI=1S/C7H13NO.Mg.2H/c9-6-8-7-4-2-1-3-5-7;;;/h6-7H,1-5H2,(H,8,9);;;/q;+2;2*-1. The van der Waals surface area contributed by atoms with Crippen molar-refractivity contribution in [2.45, 2.75) is 38.1 Å². The van der Waals surface area contributed by atoms with Crippen molar-refractivity contribution in [3.05, 3.63) is 0 Å². The van der Waals surface area contributed by atoms with E-state index in [0.717, 1.165) is 6.41 Å². The summed E-state index contributed by atoms with van der Waals surface area (Å²) >= 11 is 0. The number of amides is 1. The Hall–Kier alpha value is 0.236. The maximum atomic E-state index is 9.96. The Morgan fingerprint density at radius 1 is 1.30 bits per heavy atom. The molecule has 0 atom stereocenters. The van der Waals surface area contributed by atoms with E-state index in [1.54, 1.807) is 0 Å². The van der Waals surface area contributed by atoms with Gasteiger partial charge in [0.2, 0.25) is 6.41 Å². The van der Waals surface area contributed by atoms with Crippen LogP contribution in [0.4, 0.5) is 0 Å². The summed E-state index contributed by atoms with van der Waals surface area (Å²) in [6.07, 6.45) is 7.08. The van der Waals surface area contributed by atoms with Gasteiger partial charge in [-0.05, 0) is 12.8 Å². The van der Waals surface area contributed by atoms with Crippen LogP contribution in [0.5, 0.6) is 0 Å². The molecule has 0 spiro atoms. The molecule has 1 rings (SSSR count). The van der Waals surface area contributed by atoms with Crippen LogP contribution in [-0.2, 0) is 4.79 Å². The predicted molar refractivity (Wildman–Crippen MR) is 44.1 cm³/mol. The molecule has 56 valence electrons. The summed E-state index contributed by atoms with van der Waals surface area (Å²) in [7, 11) is 0. The first kappa shape index (κ1) is 10.2. The van der Waals surface area contributed by atoms with Crippen LogP contribution >= 0.6 is 0 Å². The van der Waals surface area contributed by atoms with Gasteiger partial charge < -0.3 is 8.17 Å². The average Bonchev–Trinajstić information content (AvgIpc) is 1.91. The van der Waals surface area contributed by atoms with Gasteiger partial charge in [0.25, 0.3) is 0 Å². The van der Waals surface area contributed by atoms with Crippen molar-refractivity contribution in [2.24, 2.45) is 0 Å². The Balaban J connectivity index is -0.000000270. The number of hydrogen-bond acceptors (Lipinski definition) is 1. The van der Waals surface area contributed by atoms with Gasteiger partial charge in [0, 0.05) is 6.04 Å². The molecule has 0 aliphatic heterocycles. The minimum Gasteiger partial charge on any atom is -1.00 e. The fraction of sp³-hybridized carbons (Fsp3) is 0.857. The zero-order chi connectivity index (χ0) is 6.53. The molecule has 0 bridgehead atoms. The molecule has 0 unspecified atom stereocenters. The molecule has 1 aliphatic rings. The van der Waals surface area contributed by atoms with Gasteiger partial charge in [-0.3, -0.25) is 4.79 Å². The third-order valence-electron chi connectivity index (χ3n) is 1.91. The second-order valence-corrected chi connectivity index (χ2v) is 2.62. The van der Waals surface area contributed by atoms with Crippen molar-refractivity contribution in [3.63, 3.8) is 0 Å². The van der Waals surface area contributed by atoms with Crippen LogP contribution in [0.15, 0.2) is 0 Å². The van der Waals surface area contributed by atoms with Crippen molar-refractivity contribution in [2.75, 3.05) is 0 Å². The monoisotopic (exact) mass is 153 g/mol. The Morgan fingerprint density at radius 2 is 1.90 bits per heavy atom. The van der Waals surface area contributed by atoms with Crippen LogP contribution in [-0.4, -0.2) is 35.5 Å². The van der Waals surface area contributed by atoms with Gasteiger partial charge in [0.05, 0.1) is 0 Å². The summed E-state index contributed by atoms with van der Waals surface area (Å²) < 4.78 is 0. The fourth-order valence-electron chi connectivity index (χ4n) is 1.37. The van der Waals surface area contributed by atoms with E-state index in [9.17, 15) is 4.79 Å². The zero-order valence-electron chi connectivity index (χ0n) is 8.31. The van der Waals surface area contributed by atoms with Gasteiger partial charge in [-0.2, -0.15) is 0 Å². The molecule has 0 saturated heterocycles. The summed E-state index contributed by atoms with van der Waals surface area (Å²) in [5.41, 5.74) is 0. The first-order valence-corrected chi connectivity index (χ1v) is 3.63. The van der Waals surface area contributed by atoms with E-state index < -0.39 is 0 Å². The third-order valence-corrected chi connectivity index (χ3v) is 1.91. The maximum absolute atomic E-state index is 9.96. The van der Waals surface area contributed by atoms with Crippen LogP contribution < -0.4 is 5.32 Å². The van der Waals surface area contributed by atoms with Crippen molar-refractivity contribution in [3.8, 4) is 0 Å². The number of nitrogens with one attached hydrogen (secondary N) is 1. The molecule has 2 nitrogen and oxygen atoms in total. The molecule has 0 aromatic carbocycles. The largest absolute Gasteiger partial charge is 2.00 e. The van der Waals surface area contributed by atoms with Crippen molar-refractivity contribution >= 4 is 29.5 Å². The topological polar surface area (TPSA) is 29.1 Å². The number of carbonyl (C=O) groups excluding carboxylic acids is 1. The van der Waals surface area contributed by atoms with Gasteiger partial charge in [0.15, 0.2) is 0 Å². The van der Waals surface area contributed by atoms with Crippen molar-refractivity contribution in [1.29, 1.82) is 0 Å². The summed E-state index contributed by atoms with van der Waals surface area (Å²) in [6, 6.07) is 0.483. The summed E-state index contributed by atoms with van der Waals surface area (Å²) in [5.74, 6) is 0. The summed E-state index contributed by atoms with van der Waals surface area (Å²) in [4.78, 5) is 9.96. The average molecular weight is 154 g/mol. The molecule has 3 heteroatoms. The molecule has 1 N–H and O–H groups in total. The van der Waals surface area contributed by atoms with E-state index in [0.29, 0.717) is 6.04 Å². The Bertz CT molecular complexity index is 99.4. The Kier molecular flexibility index (Phi) is 6.12. The molecule has 0 heterocycles. The van der Waals surface area contributed by atoms with Crippen LogP contribution in [0.1, 0.15) is 35.0 Å². The van der Waals surface area contributed by atoms with Gasteiger partial charge in [-0.1, -0.05) is 19.3 Å². The maximum Gasteiger partial charge on any atom is 2.00 e. The van der Waals surface area contributed by atoms with E-state index in [2.05, 4.69) is 5.32 Å². The Morgan fingerprint density at radius 3 is 2.40 bits per heavy atom. The Labute approximate surface area is 80.9 Å². The molecule has 1 aliphatic carbocycles. The molecule has 1 amide bonds. The van der Waals surface area contributed by atoms with Gasteiger partial charge in [-0.15, -0.1) is 0 Å². The van der Waals surface area contributed by atoms with Crippen molar-refractivity contribution < 1.29 is 7.65 Å². The molecule has 0 aromatic heterocycles. The molecule has 0 aromatic rings. The van der Waals surface area contributed by atoms with E-state index >= 15 is 0 Å². The van der Waals surface area contributed by atoms with Crippen LogP contribution in [0, 0.1) is 0 Å². The SMILES string of the molecule is O=CNC1CCCCC1.[H-].[H-].[Mg+2]. The van der Waals surface area contributed by atoms with Crippen molar-refractivity contribution in [1.82, 2.24) is 5.32 Å². The van der Waals surface area contributed by atoms with Crippen LogP contribution in [0.3, 0.4) is 0 Å².